The fraction of sp³-hybridized carbons (Fsp3) is 0.615. The van der Waals surface area contributed by atoms with E-state index in [-0.39, 0.29) is 37.0 Å². The fourth-order valence-corrected chi connectivity index (χ4v) is 2.60. The van der Waals surface area contributed by atoms with E-state index in [1.54, 1.807) is 0 Å². The van der Waals surface area contributed by atoms with Crippen LogP contribution in [0.2, 0.25) is 0 Å². The van der Waals surface area contributed by atoms with Crippen LogP contribution in [0.4, 0.5) is 0 Å². The van der Waals surface area contributed by atoms with Crippen LogP contribution in [0.15, 0.2) is 6.20 Å². The van der Waals surface area contributed by atoms with Gasteiger partial charge < -0.3 is 5.11 Å². The molecule has 2 rings (SSSR count). The third-order valence-corrected chi connectivity index (χ3v) is 4.15. The minimum Gasteiger partial charge on any atom is -0.476 e. The number of carboxylic acid groups (broad SMARTS) is 1. The Labute approximate surface area is 121 Å². The van der Waals surface area contributed by atoms with Gasteiger partial charge in [0, 0.05) is 13.0 Å². The molecule has 0 aromatic carbocycles. The number of imide groups is 1. The molecule has 2 heterocycles. The Bertz CT molecular complexity index is 576. The van der Waals surface area contributed by atoms with E-state index >= 15 is 0 Å². The number of amides is 2. The molecule has 2 amide bonds. The zero-order chi connectivity index (χ0) is 15.6. The van der Waals surface area contributed by atoms with E-state index in [0.29, 0.717) is 12.8 Å². The number of hydrogen-bond acceptors (Lipinski definition) is 5. The molecule has 1 fully saturated rings. The van der Waals surface area contributed by atoms with Crippen molar-refractivity contribution >= 4 is 17.8 Å². The van der Waals surface area contributed by atoms with E-state index in [9.17, 15) is 14.4 Å². The van der Waals surface area contributed by atoms with Crippen LogP contribution in [0.25, 0.3) is 0 Å². The number of likely N-dealkylation sites (tertiary alicyclic amines) is 1. The van der Waals surface area contributed by atoms with Crippen LogP contribution in [0.1, 0.15) is 43.6 Å². The van der Waals surface area contributed by atoms with Gasteiger partial charge in [-0.2, -0.15) is 0 Å². The molecular weight excluding hydrogens is 276 g/mol. The number of nitrogens with zero attached hydrogens (tertiary/aromatic N) is 4. The molecule has 0 saturated carbocycles. The molecule has 8 nitrogen and oxygen atoms in total. The summed E-state index contributed by atoms with van der Waals surface area (Å²) >= 11 is 0. The van der Waals surface area contributed by atoms with Crippen molar-refractivity contribution in [2.75, 3.05) is 6.54 Å². The van der Waals surface area contributed by atoms with Gasteiger partial charge in [0.1, 0.15) is 0 Å². The summed E-state index contributed by atoms with van der Waals surface area (Å²) in [7, 11) is 0. The average Bonchev–Trinajstić information content (AvgIpc) is 3.01. The highest BCUT2D eigenvalue weighted by atomic mass is 16.4. The fourth-order valence-electron chi connectivity index (χ4n) is 2.60. The number of hydrogen-bond donors (Lipinski definition) is 1. The molecular formula is C13H18N4O4. The normalized spacial score (nSPS) is 17.5. The lowest BCUT2D eigenvalue weighted by atomic mass is 9.81. The molecule has 0 aliphatic carbocycles. The maximum atomic E-state index is 12.4. The number of carbonyl (C=O) groups is 3. The maximum absolute atomic E-state index is 12.4. The van der Waals surface area contributed by atoms with Crippen LogP contribution in [-0.4, -0.2) is 49.3 Å². The third-order valence-electron chi connectivity index (χ3n) is 4.15. The second-order valence-corrected chi connectivity index (χ2v) is 5.19. The quantitative estimate of drug-likeness (QED) is 0.768. The number of aromatic carboxylic acids is 1. The molecule has 114 valence electrons. The molecule has 1 aromatic rings. The van der Waals surface area contributed by atoms with Gasteiger partial charge in [0.25, 0.3) is 0 Å². The second-order valence-electron chi connectivity index (χ2n) is 5.19. The largest absolute Gasteiger partial charge is 0.476 e. The minimum atomic E-state index is -1.16. The van der Waals surface area contributed by atoms with Gasteiger partial charge in [-0.05, 0) is 12.8 Å². The number of carboxylic acids is 1. The van der Waals surface area contributed by atoms with Crippen LogP contribution in [0, 0.1) is 5.41 Å². The standard InChI is InChI=1S/C13H18N4O4/c1-3-13(4-2)7-10(18)17(12(13)21)6-5-16-8-9(11(19)20)14-15-16/h8H,3-7H2,1-2H3,(H,19,20). The highest BCUT2D eigenvalue weighted by Crippen LogP contribution is 2.38. The predicted octanol–water partition coefficient (Wildman–Crippen LogP) is 0.542. The molecule has 0 radical (unpaired) electrons. The second kappa shape index (κ2) is 5.63. The minimum absolute atomic E-state index is 0.143. The van der Waals surface area contributed by atoms with Crippen molar-refractivity contribution in [2.45, 2.75) is 39.7 Å². The van der Waals surface area contributed by atoms with Gasteiger partial charge in [-0.25, -0.2) is 9.48 Å². The molecule has 0 unspecified atom stereocenters. The highest BCUT2D eigenvalue weighted by Gasteiger charge is 2.48. The van der Waals surface area contributed by atoms with Crippen molar-refractivity contribution in [3.8, 4) is 0 Å². The first kappa shape index (κ1) is 15.1. The van der Waals surface area contributed by atoms with Crippen molar-refractivity contribution in [1.29, 1.82) is 0 Å². The summed E-state index contributed by atoms with van der Waals surface area (Å²) in [5.41, 5.74) is -0.739. The Morgan fingerprint density at radius 3 is 2.48 bits per heavy atom. The van der Waals surface area contributed by atoms with E-state index in [4.69, 9.17) is 5.11 Å². The van der Waals surface area contributed by atoms with Crippen molar-refractivity contribution in [2.24, 2.45) is 5.41 Å². The Balaban J connectivity index is 2.04. The van der Waals surface area contributed by atoms with Crippen molar-refractivity contribution < 1.29 is 19.5 Å². The smallest absolute Gasteiger partial charge is 0.358 e. The van der Waals surface area contributed by atoms with Gasteiger partial charge >= 0.3 is 5.97 Å². The van der Waals surface area contributed by atoms with E-state index in [1.807, 2.05) is 13.8 Å². The van der Waals surface area contributed by atoms with Gasteiger partial charge in [-0.15, -0.1) is 5.10 Å². The number of carbonyl (C=O) groups excluding carboxylic acids is 2. The van der Waals surface area contributed by atoms with Gasteiger partial charge in [0.05, 0.1) is 18.2 Å². The average molecular weight is 294 g/mol. The molecule has 1 aromatic heterocycles. The zero-order valence-electron chi connectivity index (χ0n) is 12.1. The molecule has 0 spiro atoms. The van der Waals surface area contributed by atoms with Crippen molar-refractivity contribution in [1.82, 2.24) is 19.9 Å². The van der Waals surface area contributed by atoms with Gasteiger partial charge in [0.15, 0.2) is 5.69 Å². The predicted molar refractivity (Wildman–Crippen MR) is 71.3 cm³/mol. The van der Waals surface area contributed by atoms with E-state index in [2.05, 4.69) is 10.3 Å². The van der Waals surface area contributed by atoms with E-state index < -0.39 is 11.4 Å². The van der Waals surface area contributed by atoms with Crippen molar-refractivity contribution in [3.05, 3.63) is 11.9 Å². The maximum Gasteiger partial charge on any atom is 0.358 e. The number of aromatic nitrogens is 3. The summed E-state index contributed by atoms with van der Waals surface area (Å²) in [6.45, 7) is 4.24. The molecule has 1 aliphatic rings. The molecule has 21 heavy (non-hydrogen) atoms. The summed E-state index contributed by atoms with van der Waals surface area (Å²) < 4.78 is 1.32. The molecule has 1 N–H and O–H groups in total. The van der Waals surface area contributed by atoms with Crippen LogP contribution >= 0.6 is 0 Å². The Morgan fingerprint density at radius 1 is 1.33 bits per heavy atom. The summed E-state index contributed by atoms with van der Waals surface area (Å²) in [4.78, 5) is 36.4. The first-order chi connectivity index (χ1) is 9.93. The molecule has 0 bridgehead atoms. The van der Waals surface area contributed by atoms with Gasteiger partial charge in [-0.3, -0.25) is 14.5 Å². The van der Waals surface area contributed by atoms with Crippen LogP contribution in [-0.2, 0) is 16.1 Å². The lowest BCUT2D eigenvalue weighted by molar-refractivity contribution is -0.141. The summed E-state index contributed by atoms with van der Waals surface area (Å²) in [6.07, 6.45) is 2.80. The van der Waals surface area contributed by atoms with Crippen molar-refractivity contribution in [3.63, 3.8) is 0 Å². The first-order valence-electron chi connectivity index (χ1n) is 6.91. The Morgan fingerprint density at radius 2 is 2.00 bits per heavy atom. The molecule has 1 aliphatic heterocycles. The monoisotopic (exact) mass is 294 g/mol. The lowest BCUT2D eigenvalue weighted by Gasteiger charge is -2.23. The number of rotatable bonds is 6. The molecule has 0 atom stereocenters. The summed E-state index contributed by atoms with van der Waals surface area (Å²) in [6, 6.07) is 0. The summed E-state index contributed by atoms with van der Waals surface area (Å²) in [5.74, 6) is -1.48. The molecule has 8 heteroatoms. The van der Waals surface area contributed by atoms with E-state index in [1.165, 1.54) is 15.8 Å². The summed E-state index contributed by atoms with van der Waals surface area (Å²) in [5, 5.41) is 15.9. The molecule has 1 saturated heterocycles. The van der Waals surface area contributed by atoms with E-state index in [0.717, 1.165) is 0 Å². The topological polar surface area (TPSA) is 105 Å². The third kappa shape index (κ3) is 2.65. The Kier molecular flexibility index (Phi) is 4.06. The zero-order valence-corrected chi connectivity index (χ0v) is 12.1. The highest BCUT2D eigenvalue weighted by molar-refractivity contribution is 6.05. The van der Waals surface area contributed by atoms with Gasteiger partial charge in [0.2, 0.25) is 11.8 Å². The first-order valence-corrected chi connectivity index (χ1v) is 6.91. The van der Waals surface area contributed by atoms with Crippen LogP contribution in [0.5, 0.6) is 0 Å². The SMILES string of the molecule is CCC1(CC)CC(=O)N(CCn2cc(C(=O)O)nn2)C1=O. The van der Waals surface area contributed by atoms with Crippen LogP contribution in [0.3, 0.4) is 0 Å². The van der Waals surface area contributed by atoms with Gasteiger partial charge in [-0.1, -0.05) is 19.1 Å². The lowest BCUT2D eigenvalue weighted by Crippen LogP contribution is -2.37. The Hall–Kier alpha value is -2.25. The van der Waals surface area contributed by atoms with Crippen LogP contribution < -0.4 is 0 Å².